The number of quaternary nitrogens is 1. The maximum absolute atomic E-state index is 13.3. The molecule has 7 nitrogen and oxygen atoms in total. The molecular formula is C24H25FNO6+. The zero-order valence-corrected chi connectivity index (χ0v) is 18.3. The lowest BCUT2D eigenvalue weighted by atomic mass is 9.89. The lowest BCUT2D eigenvalue weighted by Gasteiger charge is -2.38. The van der Waals surface area contributed by atoms with Crippen LogP contribution in [0.5, 0.6) is 17.2 Å². The van der Waals surface area contributed by atoms with Gasteiger partial charge in [0, 0.05) is 6.42 Å². The molecule has 0 saturated carbocycles. The number of allylic oxidation sites excluding steroid dienone is 1. The number of nitrogens with zero attached hydrogens (tertiary/aromatic N) is 1. The number of carbonyl (C=O) groups excluding carboxylic acids is 2. The number of rotatable bonds is 6. The van der Waals surface area contributed by atoms with Gasteiger partial charge in [0.2, 0.25) is 12.5 Å². The summed E-state index contributed by atoms with van der Waals surface area (Å²) in [5.74, 6) is 0.428. The Kier molecular flexibility index (Phi) is 5.88. The summed E-state index contributed by atoms with van der Waals surface area (Å²) in [5, 5.41) is 0. The van der Waals surface area contributed by atoms with Gasteiger partial charge in [-0.25, -0.2) is 9.18 Å². The van der Waals surface area contributed by atoms with E-state index in [1.54, 1.807) is 25.3 Å². The van der Waals surface area contributed by atoms with Crippen molar-refractivity contribution >= 4 is 17.8 Å². The van der Waals surface area contributed by atoms with Crippen LogP contribution in [0.3, 0.4) is 0 Å². The molecule has 0 aliphatic carbocycles. The molecule has 0 N–H and O–H groups in total. The molecule has 1 unspecified atom stereocenters. The Bertz CT molecular complexity index is 1090. The van der Waals surface area contributed by atoms with Gasteiger partial charge in [-0.3, -0.25) is 4.79 Å². The van der Waals surface area contributed by atoms with Crippen molar-refractivity contribution in [3.8, 4) is 17.2 Å². The molecule has 0 amide bonds. The van der Waals surface area contributed by atoms with Gasteiger partial charge in [0.05, 0.1) is 38.9 Å². The van der Waals surface area contributed by atoms with Crippen LogP contribution in [0.1, 0.15) is 27.0 Å². The van der Waals surface area contributed by atoms with Gasteiger partial charge < -0.3 is 23.4 Å². The summed E-state index contributed by atoms with van der Waals surface area (Å²) in [6.45, 7) is 1.32. The Morgan fingerprint density at radius 3 is 2.53 bits per heavy atom. The summed E-state index contributed by atoms with van der Waals surface area (Å²) in [5.41, 5.74) is 2.81. The van der Waals surface area contributed by atoms with Crippen LogP contribution in [-0.2, 0) is 22.5 Å². The predicted molar refractivity (Wildman–Crippen MR) is 114 cm³/mol. The Balaban J connectivity index is 1.76. The number of halogens is 1. The molecule has 2 aliphatic heterocycles. The second-order valence-corrected chi connectivity index (χ2v) is 8.16. The van der Waals surface area contributed by atoms with Crippen molar-refractivity contribution in [3.05, 3.63) is 58.4 Å². The Morgan fingerprint density at radius 2 is 1.84 bits per heavy atom. The topological polar surface area (TPSA) is 71.1 Å². The second kappa shape index (κ2) is 8.63. The molecule has 0 bridgehead atoms. The van der Waals surface area contributed by atoms with Gasteiger partial charge >= 0.3 is 5.97 Å². The van der Waals surface area contributed by atoms with E-state index in [1.165, 1.54) is 25.3 Å². The van der Waals surface area contributed by atoms with Gasteiger partial charge in [-0.15, -0.1) is 0 Å². The molecule has 0 saturated heterocycles. The van der Waals surface area contributed by atoms with Gasteiger partial charge in [-0.2, -0.15) is 0 Å². The van der Waals surface area contributed by atoms with Gasteiger partial charge in [0.15, 0.2) is 23.8 Å². The maximum atomic E-state index is 13.3. The van der Waals surface area contributed by atoms with E-state index >= 15 is 0 Å². The summed E-state index contributed by atoms with van der Waals surface area (Å²) in [4.78, 5) is 25.2. The fraction of sp³-hybridized carbons (Fsp3) is 0.333. The number of fused-ring (bicyclic) bond motifs is 2. The van der Waals surface area contributed by atoms with E-state index in [9.17, 15) is 14.0 Å². The van der Waals surface area contributed by atoms with E-state index in [-0.39, 0.29) is 30.9 Å². The predicted octanol–water partition coefficient (Wildman–Crippen LogP) is 3.13. The molecule has 2 aromatic rings. The van der Waals surface area contributed by atoms with Crippen LogP contribution in [0, 0.1) is 5.82 Å². The molecule has 0 fully saturated rings. The zero-order chi connectivity index (χ0) is 22.9. The number of methoxy groups -OCH3 is 2. The van der Waals surface area contributed by atoms with Crippen molar-refractivity contribution in [1.82, 2.24) is 0 Å². The van der Waals surface area contributed by atoms with Crippen molar-refractivity contribution in [2.45, 2.75) is 13.0 Å². The molecule has 32 heavy (non-hydrogen) atoms. The Hall–Kier alpha value is -3.39. The third-order valence-electron chi connectivity index (χ3n) is 5.91. The minimum atomic E-state index is -0.339. The van der Waals surface area contributed by atoms with Gasteiger partial charge in [0.1, 0.15) is 12.4 Å². The van der Waals surface area contributed by atoms with E-state index in [4.69, 9.17) is 18.9 Å². The Morgan fingerprint density at radius 1 is 1.12 bits per heavy atom. The van der Waals surface area contributed by atoms with E-state index in [0.29, 0.717) is 52.4 Å². The van der Waals surface area contributed by atoms with Crippen molar-refractivity contribution in [2.75, 3.05) is 41.1 Å². The summed E-state index contributed by atoms with van der Waals surface area (Å²) >= 11 is 0. The average molecular weight is 442 g/mol. The van der Waals surface area contributed by atoms with Crippen LogP contribution in [0.2, 0.25) is 0 Å². The minimum absolute atomic E-state index is 0.00910. The molecule has 1 atom stereocenters. The number of hydrogen-bond donors (Lipinski definition) is 0. The SMILES string of the molecule is COC(=O)C[N+]1(C)CCc2c(c(OC)c3c(c2C(=O)/C=C/c2ccc(F)cc2)OCO3)C1. The molecule has 2 aromatic carbocycles. The highest BCUT2D eigenvalue weighted by Gasteiger charge is 2.40. The fourth-order valence-corrected chi connectivity index (χ4v) is 4.30. The summed E-state index contributed by atoms with van der Waals surface area (Å²) < 4.78 is 35.4. The molecule has 0 aromatic heterocycles. The highest BCUT2D eigenvalue weighted by atomic mass is 19.1. The van der Waals surface area contributed by atoms with Crippen molar-refractivity contribution in [1.29, 1.82) is 0 Å². The normalized spacial score (nSPS) is 19.0. The highest BCUT2D eigenvalue weighted by Crippen LogP contribution is 2.50. The second-order valence-electron chi connectivity index (χ2n) is 8.16. The third-order valence-corrected chi connectivity index (χ3v) is 5.91. The maximum Gasteiger partial charge on any atom is 0.361 e. The molecule has 2 aliphatic rings. The number of hydrogen-bond acceptors (Lipinski definition) is 6. The van der Waals surface area contributed by atoms with E-state index in [0.717, 1.165) is 11.1 Å². The van der Waals surface area contributed by atoms with Gasteiger partial charge in [0.25, 0.3) is 0 Å². The number of benzene rings is 2. The smallest absolute Gasteiger partial charge is 0.361 e. The van der Waals surface area contributed by atoms with Crippen molar-refractivity contribution in [3.63, 3.8) is 0 Å². The molecule has 0 radical (unpaired) electrons. The van der Waals surface area contributed by atoms with Crippen molar-refractivity contribution in [2.24, 2.45) is 0 Å². The largest absolute Gasteiger partial charge is 0.492 e. The van der Waals surface area contributed by atoms with Crippen molar-refractivity contribution < 1.29 is 37.4 Å². The first-order chi connectivity index (χ1) is 15.3. The van der Waals surface area contributed by atoms with Crippen LogP contribution in [-0.4, -0.2) is 57.4 Å². The fourth-order valence-electron chi connectivity index (χ4n) is 4.30. The quantitative estimate of drug-likeness (QED) is 0.296. The molecule has 4 rings (SSSR count). The van der Waals surface area contributed by atoms with Crippen LogP contribution in [0.25, 0.3) is 6.08 Å². The van der Waals surface area contributed by atoms with Crippen LogP contribution >= 0.6 is 0 Å². The van der Waals surface area contributed by atoms with E-state index in [1.807, 2.05) is 7.05 Å². The monoisotopic (exact) mass is 442 g/mol. The third kappa shape index (κ3) is 4.05. The first-order valence-corrected chi connectivity index (χ1v) is 10.2. The van der Waals surface area contributed by atoms with Crippen LogP contribution in [0.4, 0.5) is 4.39 Å². The number of esters is 1. The van der Waals surface area contributed by atoms with Gasteiger partial charge in [-0.1, -0.05) is 18.2 Å². The summed E-state index contributed by atoms with van der Waals surface area (Å²) in [6, 6.07) is 5.88. The summed E-state index contributed by atoms with van der Waals surface area (Å²) in [7, 11) is 4.89. The number of ketones is 1. The molecule has 168 valence electrons. The zero-order valence-electron chi connectivity index (χ0n) is 18.3. The van der Waals surface area contributed by atoms with Crippen LogP contribution < -0.4 is 14.2 Å². The lowest BCUT2D eigenvalue weighted by Crippen LogP contribution is -2.51. The molecule has 8 heteroatoms. The lowest BCUT2D eigenvalue weighted by molar-refractivity contribution is -0.917. The standard InChI is InChI=1S/C24H25FNO6/c1-26(13-20(28)29-2)11-10-17-18(12-26)22(30-3)24-23(31-14-32-24)21(17)19(27)9-6-15-4-7-16(25)8-5-15/h4-9H,10-14H2,1-3H3/q+1/b9-6+. The Labute approximate surface area is 185 Å². The molecule has 2 heterocycles. The average Bonchev–Trinajstić information content (AvgIpc) is 3.25. The summed E-state index contributed by atoms with van der Waals surface area (Å²) in [6.07, 6.45) is 3.65. The molecular weight excluding hydrogens is 417 g/mol. The van der Waals surface area contributed by atoms with Crippen LogP contribution in [0.15, 0.2) is 30.3 Å². The first kappa shape index (κ1) is 21.8. The number of carbonyl (C=O) groups is 2. The number of ether oxygens (including phenoxy) is 4. The van der Waals surface area contributed by atoms with E-state index in [2.05, 4.69) is 0 Å². The highest BCUT2D eigenvalue weighted by molar-refractivity contribution is 6.11. The minimum Gasteiger partial charge on any atom is -0.492 e. The van der Waals surface area contributed by atoms with E-state index < -0.39 is 0 Å². The number of likely N-dealkylation sites (N-methyl/N-ethyl adjacent to an activating group) is 1. The molecule has 0 spiro atoms. The first-order valence-electron chi connectivity index (χ1n) is 10.2. The van der Waals surface area contributed by atoms with Gasteiger partial charge in [-0.05, 0) is 29.3 Å².